The van der Waals surface area contributed by atoms with E-state index in [2.05, 4.69) is 4.72 Å². The average molecular weight is 460 g/mol. The van der Waals surface area contributed by atoms with E-state index in [1.807, 2.05) is 0 Å². The van der Waals surface area contributed by atoms with Crippen LogP contribution in [0, 0.1) is 5.82 Å². The highest BCUT2D eigenvalue weighted by Gasteiger charge is 2.22. The Hall–Kier alpha value is -2.13. The number of sulfonamides is 1. The van der Waals surface area contributed by atoms with Crippen LogP contribution in [0.25, 0.3) is 0 Å². The number of nitrogens with one attached hydrogen (secondary N) is 1. The van der Waals surface area contributed by atoms with E-state index < -0.39 is 25.7 Å². The molecule has 146 valence electrons. The van der Waals surface area contributed by atoms with Crippen molar-refractivity contribution in [2.24, 2.45) is 0 Å². The second kappa shape index (κ2) is 7.71. The minimum atomic E-state index is -4.09. The lowest BCUT2D eigenvalue weighted by atomic mass is 10.3. The topological polar surface area (TPSA) is 80.3 Å². The Kier molecular flexibility index (Phi) is 5.67. The molecule has 28 heavy (non-hydrogen) atoms. The van der Waals surface area contributed by atoms with Crippen LogP contribution < -0.4 is 4.72 Å². The fourth-order valence-corrected chi connectivity index (χ4v) is 5.19. The maximum absolute atomic E-state index is 13.0. The minimum absolute atomic E-state index is 0.0597. The second-order valence-electron chi connectivity index (χ2n) is 5.67. The first-order chi connectivity index (χ1) is 13.1. The maximum Gasteiger partial charge on any atom is 0.261 e. The SMILES string of the molecule is O=S(=O)(Nc1ccc(F)cc1)c1cccc(S(=O)(=O)c2ccc(Cl)c(Cl)c2)c1. The maximum atomic E-state index is 13.0. The van der Waals surface area contributed by atoms with Gasteiger partial charge in [-0.3, -0.25) is 4.72 Å². The molecule has 0 amide bonds. The van der Waals surface area contributed by atoms with Gasteiger partial charge in [0.15, 0.2) is 0 Å². The zero-order valence-electron chi connectivity index (χ0n) is 13.9. The van der Waals surface area contributed by atoms with Crippen LogP contribution in [-0.2, 0) is 19.9 Å². The van der Waals surface area contributed by atoms with Gasteiger partial charge in [0.1, 0.15) is 5.82 Å². The molecule has 0 aromatic heterocycles. The molecule has 0 fully saturated rings. The van der Waals surface area contributed by atoms with Crippen LogP contribution in [0.2, 0.25) is 10.0 Å². The summed E-state index contributed by atoms with van der Waals surface area (Å²) in [6.45, 7) is 0. The molecule has 0 saturated carbocycles. The fourth-order valence-electron chi connectivity index (χ4n) is 2.32. The van der Waals surface area contributed by atoms with Crippen molar-refractivity contribution in [2.45, 2.75) is 14.7 Å². The highest BCUT2D eigenvalue weighted by atomic mass is 35.5. The van der Waals surface area contributed by atoms with Gasteiger partial charge in [0.05, 0.1) is 24.7 Å². The first-order valence-electron chi connectivity index (χ1n) is 7.68. The van der Waals surface area contributed by atoms with Crippen LogP contribution in [0.15, 0.2) is 81.4 Å². The molecule has 0 heterocycles. The predicted molar refractivity (Wildman–Crippen MR) is 106 cm³/mol. The van der Waals surface area contributed by atoms with Crippen molar-refractivity contribution in [3.8, 4) is 0 Å². The molecular formula is C18H12Cl2FNO4S2. The zero-order chi connectivity index (χ0) is 20.5. The van der Waals surface area contributed by atoms with Gasteiger partial charge in [-0.25, -0.2) is 21.2 Å². The Morgan fingerprint density at radius 3 is 1.96 bits per heavy atom. The standard InChI is InChI=1S/C18H12Cl2FNO4S2/c19-17-9-8-15(11-18(17)20)27(23,24)14-2-1-3-16(10-14)28(25,26)22-13-6-4-12(21)5-7-13/h1-11,22H. The number of benzene rings is 3. The molecule has 1 N–H and O–H groups in total. The molecule has 0 saturated heterocycles. The molecule has 0 unspecified atom stereocenters. The average Bonchev–Trinajstić information content (AvgIpc) is 2.65. The quantitative estimate of drug-likeness (QED) is 0.595. The monoisotopic (exact) mass is 459 g/mol. The minimum Gasteiger partial charge on any atom is -0.280 e. The fraction of sp³-hybridized carbons (Fsp3) is 0. The number of sulfone groups is 1. The molecule has 0 spiro atoms. The zero-order valence-corrected chi connectivity index (χ0v) is 17.1. The number of rotatable bonds is 5. The number of hydrogen-bond donors (Lipinski definition) is 1. The number of halogens is 3. The molecule has 3 aromatic carbocycles. The van der Waals surface area contributed by atoms with Crippen molar-refractivity contribution in [2.75, 3.05) is 4.72 Å². The first-order valence-corrected chi connectivity index (χ1v) is 11.4. The van der Waals surface area contributed by atoms with Crippen molar-refractivity contribution < 1.29 is 21.2 Å². The van der Waals surface area contributed by atoms with Crippen LogP contribution in [0.5, 0.6) is 0 Å². The van der Waals surface area contributed by atoms with Crippen molar-refractivity contribution in [1.29, 1.82) is 0 Å². The van der Waals surface area contributed by atoms with Gasteiger partial charge in [0.25, 0.3) is 10.0 Å². The van der Waals surface area contributed by atoms with Crippen LogP contribution in [0.1, 0.15) is 0 Å². The van der Waals surface area contributed by atoms with Gasteiger partial charge >= 0.3 is 0 Å². The highest BCUT2D eigenvalue weighted by Crippen LogP contribution is 2.29. The van der Waals surface area contributed by atoms with Gasteiger partial charge in [-0.15, -0.1) is 0 Å². The number of hydrogen-bond acceptors (Lipinski definition) is 4. The van der Waals surface area contributed by atoms with Crippen molar-refractivity contribution in [3.63, 3.8) is 0 Å². The van der Waals surface area contributed by atoms with Gasteiger partial charge < -0.3 is 0 Å². The molecule has 0 atom stereocenters. The Balaban J connectivity index is 1.99. The highest BCUT2D eigenvalue weighted by molar-refractivity contribution is 7.93. The lowest BCUT2D eigenvalue weighted by Gasteiger charge is -2.10. The first kappa shape index (κ1) is 20.6. The molecule has 3 aromatic rings. The Labute approximate surface area is 171 Å². The summed E-state index contributed by atoms with van der Waals surface area (Å²) in [6, 6.07) is 13.4. The normalized spacial score (nSPS) is 12.0. The van der Waals surface area contributed by atoms with E-state index in [1.165, 1.54) is 48.5 Å². The Morgan fingerprint density at radius 2 is 1.32 bits per heavy atom. The Morgan fingerprint density at radius 1 is 0.714 bits per heavy atom. The summed E-state index contributed by atoms with van der Waals surface area (Å²) >= 11 is 11.7. The van der Waals surface area contributed by atoms with Crippen molar-refractivity contribution in [1.82, 2.24) is 0 Å². The van der Waals surface area contributed by atoms with Crippen LogP contribution in [-0.4, -0.2) is 16.8 Å². The molecule has 0 aliphatic heterocycles. The molecule has 0 aliphatic carbocycles. The molecule has 10 heteroatoms. The molecule has 5 nitrogen and oxygen atoms in total. The van der Waals surface area contributed by atoms with Crippen LogP contribution in [0.4, 0.5) is 10.1 Å². The van der Waals surface area contributed by atoms with Gasteiger partial charge in [0.2, 0.25) is 9.84 Å². The third kappa shape index (κ3) is 4.30. The summed E-state index contributed by atoms with van der Waals surface area (Å²) in [5.74, 6) is -0.516. The third-order valence-electron chi connectivity index (χ3n) is 3.72. The molecular weight excluding hydrogens is 448 g/mol. The van der Waals surface area contributed by atoms with Crippen LogP contribution in [0.3, 0.4) is 0 Å². The van der Waals surface area contributed by atoms with E-state index in [0.29, 0.717) is 0 Å². The largest absolute Gasteiger partial charge is 0.280 e. The second-order valence-corrected chi connectivity index (χ2v) is 10.1. The summed E-state index contributed by atoms with van der Waals surface area (Å²) in [5, 5.41) is 0.255. The Bertz CT molecular complexity index is 1240. The molecule has 0 radical (unpaired) electrons. The third-order valence-corrected chi connectivity index (χ3v) is 7.59. The molecule has 0 aliphatic rings. The van der Waals surface area contributed by atoms with Crippen molar-refractivity contribution >= 4 is 48.7 Å². The van der Waals surface area contributed by atoms with E-state index in [-0.39, 0.29) is 30.4 Å². The van der Waals surface area contributed by atoms with Gasteiger partial charge in [-0.05, 0) is 60.7 Å². The van der Waals surface area contributed by atoms with Gasteiger partial charge in [-0.1, -0.05) is 29.3 Å². The van der Waals surface area contributed by atoms with Gasteiger partial charge in [-0.2, -0.15) is 0 Å². The summed E-state index contributed by atoms with van der Waals surface area (Å²) in [6.07, 6.45) is 0. The van der Waals surface area contributed by atoms with Crippen LogP contribution >= 0.6 is 23.2 Å². The summed E-state index contributed by atoms with van der Waals surface area (Å²) in [7, 11) is -8.11. The summed E-state index contributed by atoms with van der Waals surface area (Å²) in [4.78, 5) is -0.617. The lowest BCUT2D eigenvalue weighted by Crippen LogP contribution is -2.14. The lowest BCUT2D eigenvalue weighted by molar-refractivity contribution is 0.595. The van der Waals surface area contributed by atoms with Gasteiger partial charge in [0, 0.05) is 5.69 Å². The number of anilines is 1. The van der Waals surface area contributed by atoms with Crippen molar-refractivity contribution in [3.05, 3.63) is 82.6 Å². The van der Waals surface area contributed by atoms with E-state index in [9.17, 15) is 21.2 Å². The van der Waals surface area contributed by atoms with E-state index >= 15 is 0 Å². The van der Waals surface area contributed by atoms with E-state index in [1.54, 1.807) is 0 Å². The summed E-state index contributed by atoms with van der Waals surface area (Å²) < 4.78 is 66.0. The molecule has 3 rings (SSSR count). The smallest absolute Gasteiger partial charge is 0.261 e. The predicted octanol–water partition coefficient (Wildman–Crippen LogP) is 4.77. The summed E-state index contributed by atoms with van der Waals surface area (Å²) in [5.41, 5.74) is 0.138. The molecule has 0 bridgehead atoms. The van der Waals surface area contributed by atoms with E-state index in [0.717, 1.165) is 18.2 Å². The van der Waals surface area contributed by atoms with E-state index in [4.69, 9.17) is 23.2 Å².